The molecule has 0 atom stereocenters. The summed E-state index contributed by atoms with van der Waals surface area (Å²) in [4.78, 5) is 0. The fourth-order valence-corrected chi connectivity index (χ4v) is 2.13. The van der Waals surface area contributed by atoms with Crippen molar-refractivity contribution in [2.75, 3.05) is 5.32 Å². The average Bonchev–Trinajstić information content (AvgIpc) is 2.36. The first kappa shape index (κ1) is 13.5. The van der Waals surface area contributed by atoms with Crippen molar-refractivity contribution in [3.05, 3.63) is 57.6 Å². The van der Waals surface area contributed by atoms with Gasteiger partial charge in [-0.3, -0.25) is 0 Å². The van der Waals surface area contributed by atoms with Gasteiger partial charge in [-0.25, -0.2) is 8.78 Å². The van der Waals surface area contributed by atoms with Gasteiger partial charge in [0.25, 0.3) is 0 Å². The van der Waals surface area contributed by atoms with Gasteiger partial charge in [-0.05, 0) is 52.7 Å². The minimum Gasteiger partial charge on any atom is -0.354 e. The van der Waals surface area contributed by atoms with E-state index in [2.05, 4.69) is 21.2 Å². The molecule has 1 N–H and O–H groups in total. The number of nitriles is 1. The lowest BCUT2D eigenvalue weighted by atomic mass is 10.1. The van der Waals surface area contributed by atoms with E-state index in [9.17, 15) is 8.78 Å². The molecule has 0 saturated heterocycles. The summed E-state index contributed by atoms with van der Waals surface area (Å²) in [7, 11) is 0. The van der Waals surface area contributed by atoms with E-state index in [-0.39, 0.29) is 5.56 Å². The Morgan fingerprint density at radius 2 is 1.89 bits per heavy atom. The summed E-state index contributed by atoms with van der Waals surface area (Å²) in [5, 5.41) is 11.8. The smallest absolute Gasteiger partial charge is 0.143 e. The van der Waals surface area contributed by atoms with E-state index in [1.54, 1.807) is 25.1 Å². The number of anilines is 2. The van der Waals surface area contributed by atoms with Crippen LogP contribution < -0.4 is 5.32 Å². The van der Waals surface area contributed by atoms with Gasteiger partial charge >= 0.3 is 0 Å². The molecule has 96 valence electrons. The number of hydrogen-bond donors (Lipinski definition) is 1. The van der Waals surface area contributed by atoms with Gasteiger partial charge in [0.2, 0.25) is 0 Å². The van der Waals surface area contributed by atoms with Crippen LogP contribution in [-0.2, 0) is 0 Å². The van der Waals surface area contributed by atoms with Gasteiger partial charge in [0.15, 0.2) is 0 Å². The number of aryl methyl sites for hydroxylation is 1. The summed E-state index contributed by atoms with van der Waals surface area (Å²) in [6, 6.07) is 8.97. The fraction of sp³-hybridized carbons (Fsp3) is 0.0714. The first-order valence-corrected chi connectivity index (χ1v) is 6.23. The van der Waals surface area contributed by atoms with Crippen molar-refractivity contribution in [2.24, 2.45) is 0 Å². The maximum absolute atomic E-state index is 13.5. The van der Waals surface area contributed by atoms with Crippen LogP contribution in [0, 0.1) is 29.9 Å². The second-order valence-electron chi connectivity index (χ2n) is 3.98. The first-order valence-electron chi connectivity index (χ1n) is 5.44. The molecule has 0 aliphatic rings. The SMILES string of the molecule is Cc1cc(Br)c(F)cc1Nc1cccc(F)c1C#N. The summed E-state index contributed by atoms with van der Waals surface area (Å²) in [5.41, 5.74) is 1.49. The second-order valence-corrected chi connectivity index (χ2v) is 4.83. The lowest BCUT2D eigenvalue weighted by molar-refractivity contribution is 0.621. The molecule has 2 nitrogen and oxygen atoms in total. The molecule has 0 spiro atoms. The highest BCUT2D eigenvalue weighted by atomic mass is 79.9. The molecule has 2 aromatic rings. The van der Waals surface area contributed by atoms with Gasteiger partial charge < -0.3 is 5.32 Å². The number of rotatable bonds is 2. The number of halogens is 3. The highest BCUT2D eigenvalue weighted by Gasteiger charge is 2.10. The molecule has 0 amide bonds. The maximum atomic E-state index is 13.5. The third kappa shape index (κ3) is 2.74. The second kappa shape index (κ2) is 5.37. The maximum Gasteiger partial charge on any atom is 0.143 e. The van der Waals surface area contributed by atoms with Gasteiger partial charge in [0.1, 0.15) is 23.3 Å². The van der Waals surface area contributed by atoms with E-state index in [1.165, 1.54) is 18.2 Å². The molecular weight excluding hydrogens is 314 g/mol. The van der Waals surface area contributed by atoms with Gasteiger partial charge in [-0.2, -0.15) is 5.26 Å². The predicted octanol–water partition coefficient (Wildman–Crippen LogP) is 4.65. The number of benzene rings is 2. The van der Waals surface area contributed by atoms with Crippen molar-refractivity contribution >= 4 is 27.3 Å². The molecule has 0 fully saturated rings. The topological polar surface area (TPSA) is 35.8 Å². The quantitative estimate of drug-likeness (QED) is 0.873. The Morgan fingerprint density at radius 3 is 2.58 bits per heavy atom. The van der Waals surface area contributed by atoms with Crippen molar-refractivity contribution in [1.29, 1.82) is 5.26 Å². The number of hydrogen-bond acceptors (Lipinski definition) is 2. The molecule has 0 aliphatic carbocycles. The average molecular weight is 323 g/mol. The molecule has 0 saturated carbocycles. The molecule has 0 aromatic heterocycles. The molecule has 5 heteroatoms. The number of nitrogens with zero attached hydrogens (tertiary/aromatic N) is 1. The van der Waals surface area contributed by atoms with E-state index in [4.69, 9.17) is 5.26 Å². The van der Waals surface area contributed by atoms with E-state index in [0.29, 0.717) is 15.8 Å². The van der Waals surface area contributed by atoms with E-state index < -0.39 is 11.6 Å². The van der Waals surface area contributed by atoms with Crippen molar-refractivity contribution < 1.29 is 8.78 Å². The fourth-order valence-electron chi connectivity index (χ4n) is 1.67. The summed E-state index contributed by atoms with van der Waals surface area (Å²) < 4.78 is 27.3. The summed E-state index contributed by atoms with van der Waals surface area (Å²) >= 11 is 3.09. The van der Waals surface area contributed by atoms with Crippen LogP contribution in [0.5, 0.6) is 0 Å². The van der Waals surface area contributed by atoms with Gasteiger partial charge in [0.05, 0.1) is 10.2 Å². The number of nitrogens with one attached hydrogen (secondary N) is 1. The molecule has 2 aromatic carbocycles. The van der Waals surface area contributed by atoms with Crippen LogP contribution in [-0.4, -0.2) is 0 Å². The van der Waals surface area contributed by atoms with Gasteiger partial charge in [-0.1, -0.05) is 6.07 Å². The van der Waals surface area contributed by atoms with E-state index in [1.807, 2.05) is 0 Å². The Labute approximate surface area is 117 Å². The molecule has 0 unspecified atom stereocenters. The Morgan fingerprint density at radius 1 is 1.16 bits per heavy atom. The minimum absolute atomic E-state index is 0.0924. The highest BCUT2D eigenvalue weighted by molar-refractivity contribution is 9.10. The lowest BCUT2D eigenvalue weighted by Gasteiger charge is -2.12. The predicted molar refractivity (Wildman–Crippen MR) is 73.2 cm³/mol. The van der Waals surface area contributed by atoms with Crippen LogP contribution in [0.2, 0.25) is 0 Å². The summed E-state index contributed by atoms with van der Waals surface area (Å²) in [6.07, 6.45) is 0. The van der Waals surface area contributed by atoms with Crippen molar-refractivity contribution in [3.8, 4) is 6.07 Å². The lowest BCUT2D eigenvalue weighted by Crippen LogP contribution is -1.98. The molecule has 19 heavy (non-hydrogen) atoms. The first-order chi connectivity index (χ1) is 9.02. The Balaban J connectivity index is 2.45. The van der Waals surface area contributed by atoms with Crippen LogP contribution in [0.4, 0.5) is 20.2 Å². The zero-order valence-electron chi connectivity index (χ0n) is 9.97. The van der Waals surface area contributed by atoms with Crippen LogP contribution in [0.15, 0.2) is 34.8 Å². The van der Waals surface area contributed by atoms with Gasteiger partial charge in [-0.15, -0.1) is 0 Å². The van der Waals surface area contributed by atoms with E-state index >= 15 is 0 Å². The highest BCUT2D eigenvalue weighted by Crippen LogP contribution is 2.28. The normalized spacial score (nSPS) is 10.1. The molecule has 0 bridgehead atoms. The van der Waals surface area contributed by atoms with Crippen LogP contribution >= 0.6 is 15.9 Å². The monoisotopic (exact) mass is 322 g/mol. The largest absolute Gasteiger partial charge is 0.354 e. The van der Waals surface area contributed by atoms with Crippen molar-refractivity contribution in [3.63, 3.8) is 0 Å². The van der Waals surface area contributed by atoms with E-state index in [0.717, 1.165) is 5.56 Å². The zero-order chi connectivity index (χ0) is 14.0. The Hall–Kier alpha value is -1.93. The Bertz CT molecular complexity index is 678. The molecule has 0 aliphatic heterocycles. The van der Waals surface area contributed by atoms with Crippen LogP contribution in [0.1, 0.15) is 11.1 Å². The Kier molecular flexibility index (Phi) is 3.82. The van der Waals surface area contributed by atoms with Crippen molar-refractivity contribution in [2.45, 2.75) is 6.92 Å². The third-order valence-electron chi connectivity index (χ3n) is 2.66. The zero-order valence-corrected chi connectivity index (χ0v) is 11.6. The molecule has 0 radical (unpaired) electrons. The van der Waals surface area contributed by atoms with Crippen LogP contribution in [0.25, 0.3) is 0 Å². The van der Waals surface area contributed by atoms with Crippen molar-refractivity contribution in [1.82, 2.24) is 0 Å². The van der Waals surface area contributed by atoms with Crippen LogP contribution in [0.3, 0.4) is 0 Å². The standard InChI is InChI=1S/C14H9BrF2N2/c1-8-5-10(15)12(17)6-14(8)19-13-4-2-3-11(16)9(13)7-18/h2-6,19H,1H3. The molecule has 2 rings (SSSR count). The third-order valence-corrected chi connectivity index (χ3v) is 3.27. The molecular formula is C14H9BrF2N2. The summed E-state index contributed by atoms with van der Waals surface area (Å²) in [5.74, 6) is -1.04. The van der Waals surface area contributed by atoms with Gasteiger partial charge in [0, 0.05) is 5.69 Å². The molecule has 0 heterocycles. The minimum atomic E-state index is -0.609. The summed E-state index contributed by atoms with van der Waals surface area (Å²) in [6.45, 7) is 1.79.